The van der Waals surface area contributed by atoms with Crippen LogP contribution in [0.25, 0.3) is 0 Å². The Kier molecular flexibility index (Phi) is 4.37. The Hall–Kier alpha value is -3.19. The Morgan fingerprint density at radius 1 is 1.00 bits per heavy atom. The van der Waals surface area contributed by atoms with Crippen LogP contribution >= 0.6 is 0 Å². The largest absolute Gasteiger partial charge is 0.378 e. The van der Waals surface area contributed by atoms with Gasteiger partial charge in [-0.1, -0.05) is 17.2 Å². The minimum Gasteiger partial charge on any atom is -0.378 e. The molecule has 2 aliphatic heterocycles. The van der Waals surface area contributed by atoms with Crippen molar-refractivity contribution < 1.29 is 24.0 Å². The van der Waals surface area contributed by atoms with Gasteiger partial charge in [-0.2, -0.15) is 0 Å². The number of hydrogen-bond acceptors (Lipinski definition) is 6. The molecule has 2 aliphatic rings. The molecule has 7 nitrogen and oxygen atoms in total. The Bertz CT molecular complexity index is 899. The molecule has 0 aliphatic carbocycles. The van der Waals surface area contributed by atoms with Crippen LogP contribution in [0, 0.1) is 6.92 Å². The third-order valence-corrected chi connectivity index (χ3v) is 4.72. The van der Waals surface area contributed by atoms with E-state index in [2.05, 4.69) is 4.90 Å². The molecule has 2 aromatic carbocycles. The Balaban J connectivity index is 1.51. The zero-order valence-corrected chi connectivity index (χ0v) is 14.8. The highest BCUT2D eigenvalue weighted by Crippen LogP contribution is 2.25. The van der Waals surface area contributed by atoms with E-state index in [9.17, 15) is 14.4 Å². The molecule has 7 heteroatoms. The quantitative estimate of drug-likeness (QED) is 0.775. The van der Waals surface area contributed by atoms with Crippen LogP contribution in [0.1, 0.15) is 36.6 Å². The van der Waals surface area contributed by atoms with Gasteiger partial charge in [0.15, 0.2) is 0 Å². The van der Waals surface area contributed by atoms with E-state index in [1.165, 1.54) is 12.1 Å². The lowest BCUT2D eigenvalue weighted by atomic mass is 10.1. The van der Waals surface area contributed by atoms with Crippen LogP contribution in [-0.4, -0.2) is 49.2 Å². The Morgan fingerprint density at radius 3 is 2.22 bits per heavy atom. The van der Waals surface area contributed by atoms with E-state index in [0.717, 1.165) is 24.3 Å². The summed E-state index contributed by atoms with van der Waals surface area (Å²) in [5.74, 6) is -2.02. The second-order valence-electron chi connectivity index (χ2n) is 6.43. The number of fused-ring (bicyclic) bond motifs is 1. The van der Waals surface area contributed by atoms with E-state index in [-0.39, 0.29) is 16.7 Å². The van der Waals surface area contributed by atoms with E-state index in [1.54, 1.807) is 24.3 Å². The summed E-state index contributed by atoms with van der Waals surface area (Å²) in [6.07, 6.45) is 0. The van der Waals surface area contributed by atoms with Crippen molar-refractivity contribution in [2.24, 2.45) is 0 Å². The molecule has 0 N–H and O–H groups in total. The van der Waals surface area contributed by atoms with Gasteiger partial charge in [0, 0.05) is 18.8 Å². The minimum atomic E-state index is -0.749. The summed E-state index contributed by atoms with van der Waals surface area (Å²) in [6, 6.07) is 11.6. The van der Waals surface area contributed by atoms with Gasteiger partial charge in [-0.15, -0.1) is 0 Å². The maximum absolute atomic E-state index is 12.5. The first-order valence-electron chi connectivity index (χ1n) is 8.70. The number of carbonyl (C=O) groups is 3. The van der Waals surface area contributed by atoms with Crippen molar-refractivity contribution in [1.82, 2.24) is 5.06 Å². The highest BCUT2D eigenvalue weighted by atomic mass is 16.7. The van der Waals surface area contributed by atoms with Crippen molar-refractivity contribution in [2.75, 3.05) is 31.2 Å². The minimum absolute atomic E-state index is 0.231. The predicted octanol–water partition coefficient (Wildman–Crippen LogP) is 2.20. The molecule has 138 valence electrons. The van der Waals surface area contributed by atoms with E-state index in [4.69, 9.17) is 9.57 Å². The Morgan fingerprint density at radius 2 is 1.63 bits per heavy atom. The van der Waals surface area contributed by atoms with Crippen LogP contribution in [-0.2, 0) is 9.57 Å². The van der Waals surface area contributed by atoms with Crippen LogP contribution < -0.4 is 4.90 Å². The van der Waals surface area contributed by atoms with Crippen LogP contribution in [0.4, 0.5) is 5.69 Å². The summed E-state index contributed by atoms with van der Waals surface area (Å²) in [5.41, 5.74) is 2.67. The van der Waals surface area contributed by atoms with E-state index in [0.29, 0.717) is 18.3 Å². The zero-order valence-electron chi connectivity index (χ0n) is 14.8. The van der Waals surface area contributed by atoms with Crippen LogP contribution in [0.2, 0.25) is 0 Å². The lowest BCUT2D eigenvalue weighted by Gasteiger charge is -2.30. The number of anilines is 1. The van der Waals surface area contributed by atoms with Gasteiger partial charge in [0.25, 0.3) is 11.8 Å². The number of imide groups is 1. The number of benzene rings is 2. The number of rotatable bonds is 3. The predicted molar refractivity (Wildman–Crippen MR) is 96.6 cm³/mol. The van der Waals surface area contributed by atoms with Crippen molar-refractivity contribution in [1.29, 1.82) is 0 Å². The lowest BCUT2D eigenvalue weighted by molar-refractivity contribution is -0.0584. The number of ether oxygens (including phenoxy) is 1. The molecule has 0 atom stereocenters. The monoisotopic (exact) mass is 366 g/mol. The lowest BCUT2D eigenvalue weighted by Crippen LogP contribution is -2.36. The second-order valence-corrected chi connectivity index (χ2v) is 6.43. The molecular weight excluding hydrogens is 348 g/mol. The fraction of sp³-hybridized carbons (Fsp3) is 0.250. The van der Waals surface area contributed by atoms with Gasteiger partial charge in [-0.3, -0.25) is 9.59 Å². The Labute approximate surface area is 156 Å². The molecule has 4 rings (SSSR count). The van der Waals surface area contributed by atoms with Crippen molar-refractivity contribution in [3.8, 4) is 0 Å². The summed E-state index contributed by atoms with van der Waals surface area (Å²) in [5, 5.41) is 0.526. The first-order valence-corrected chi connectivity index (χ1v) is 8.70. The van der Waals surface area contributed by atoms with Crippen molar-refractivity contribution in [3.05, 3.63) is 64.7 Å². The molecule has 0 aromatic heterocycles. The molecule has 0 radical (unpaired) electrons. The number of hydroxylamine groups is 2. The normalized spacial score (nSPS) is 16.5. The molecule has 1 fully saturated rings. The van der Waals surface area contributed by atoms with Crippen molar-refractivity contribution in [2.45, 2.75) is 6.92 Å². The van der Waals surface area contributed by atoms with Gasteiger partial charge in [-0.25, -0.2) is 4.79 Å². The fourth-order valence-corrected chi connectivity index (χ4v) is 3.33. The first-order chi connectivity index (χ1) is 13.1. The summed E-state index contributed by atoms with van der Waals surface area (Å²) >= 11 is 0. The van der Waals surface area contributed by atoms with Crippen molar-refractivity contribution in [3.63, 3.8) is 0 Å². The summed E-state index contributed by atoms with van der Waals surface area (Å²) in [7, 11) is 0. The molecule has 2 amide bonds. The molecule has 0 spiro atoms. The molecule has 27 heavy (non-hydrogen) atoms. The van der Waals surface area contributed by atoms with Gasteiger partial charge in [-0.05, 0) is 42.8 Å². The first kappa shape index (κ1) is 17.2. The average Bonchev–Trinajstić information content (AvgIpc) is 2.94. The maximum Gasteiger partial charge on any atom is 0.363 e. The molecule has 0 unspecified atom stereocenters. The summed E-state index contributed by atoms with van der Waals surface area (Å²) in [6.45, 7) is 4.83. The standard InChI is InChI=1S/C20H18N2O5/c1-13-12-14(6-7-17(13)21-8-10-26-11-9-21)20(25)27-22-18(23)15-4-2-3-5-16(15)19(22)24/h2-7,12H,8-11H2,1H3. The number of carbonyl (C=O) groups excluding carboxylic acids is 3. The second kappa shape index (κ2) is 6.85. The van der Waals surface area contributed by atoms with Gasteiger partial charge in [0.1, 0.15) is 0 Å². The number of aryl methyl sites for hydroxylation is 1. The number of morpholine rings is 1. The number of amides is 2. The van der Waals surface area contributed by atoms with Gasteiger partial charge in [0.2, 0.25) is 0 Å². The van der Waals surface area contributed by atoms with Gasteiger partial charge >= 0.3 is 5.97 Å². The third kappa shape index (κ3) is 3.06. The van der Waals surface area contributed by atoms with Crippen LogP contribution in [0.5, 0.6) is 0 Å². The third-order valence-electron chi connectivity index (χ3n) is 4.72. The average molecular weight is 366 g/mol. The van der Waals surface area contributed by atoms with Gasteiger partial charge in [0.05, 0.1) is 29.9 Å². The summed E-state index contributed by atoms with van der Waals surface area (Å²) in [4.78, 5) is 44.4. The number of hydrogen-bond donors (Lipinski definition) is 0. The zero-order chi connectivity index (χ0) is 19.0. The van der Waals surface area contributed by atoms with Crippen LogP contribution in [0.15, 0.2) is 42.5 Å². The van der Waals surface area contributed by atoms with Crippen molar-refractivity contribution >= 4 is 23.5 Å². The van der Waals surface area contributed by atoms with E-state index in [1.807, 2.05) is 13.0 Å². The van der Waals surface area contributed by atoms with Crippen LogP contribution in [0.3, 0.4) is 0 Å². The fourth-order valence-electron chi connectivity index (χ4n) is 3.33. The number of nitrogens with zero attached hydrogens (tertiary/aromatic N) is 2. The maximum atomic E-state index is 12.5. The highest BCUT2D eigenvalue weighted by molar-refractivity contribution is 6.21. The van der Waals surface area contributed by atoms with Gasteiger partial charge < -0.3 is 14.5 Å². The molecule has 2 aromatic rings. The SMILES string of the molecule is Cc1cc(C(=O)ON2C(=O)c3ccccc3C2=O)ccc1N1CCOCC1. The molecular formula is C20H18N2O5. The molecule has 0 saturated carbocycles. The topological polar surface area (TPSA) is 76.2 Å². The molecule has 0 bridgehead atoms. The smallest absolute Gasteiger partial charge is 0.363 e. The molecule has 2 heterocycles. The summed E-state index contributed by atoms with van der Waals surface area (Å²) < 4.78 is 5.36. The highest BCUT2D eigenvalue weighted by Gasteiger charge is 2.38. The molecule has 1 saturated heterocycles. The van der Waals surface area contributed by atoms with E-state index >= 15 is 0 Å². The van der Waals surface area contributed by atoms with E-state index < -0.39 is 17.8 Å².